The average molecular weight is 346 g/mol. The number of aryl methyl sites for hydroxylation is 2. The summed E-state index contributed by atoms with van der Waals surface area (Å²) in [7, 11) is 0. The van der Waals surface area contributed by atoms with Crippen LogP contribution in [0, 0.1) is 13.8 Å². The summed E-state index contributed by atoms with van der Waals surface area (Å²) in [6, 6.07) is 0. The fourth-order valence-corrected chi connectivity index (χ4v) is 3.27. The van der Waals surface area contributed by atoms with Crippen molar-refractivity contribution in [2.45, 2.75) is 65.2 Å². The molecule has 7 nitrogen and oxygen atoms in total. The molecule has 0 spiro atoms. The molecule has 2 aromatic heterocycles. The van der Waals surface area contributed by atoms with Crippen LogP contribution in [0.3, 0.4) is 0 Å². The van der Waals surface area contributed by atoms with Crippen molar-refractivity contribution in [3.63, 3.8) is 0 Å². The van der Waals surface area contributed by atoms with Crippen LogP contribution >= 0.6 is 0 Å². The normalized spacial score (nSPS) is 16.0. The predicted molar refractivity (Wildman–Crippen MR) is 91.2 cm³/mol. The summed E-state index contributed by atoms with van der Waals surface area (Å²) in [6.07, 6.45) is 2.92. The van der Waals surface area contributed by atoms with E-state index in [2.05, 4.69) is 15.4 Å². The molecule has 0 bridgehead atoms. The van der Waals surface area contributed by atoms with E-state index in [1.54, 1.807) is 0 Å². The number of carbonyl (C=O) groups excluding carboxylic acids is 1. The van der Waals surface area contributed by atoms with E-state index < -0.39 is 0 Å². The van der Waals surface area contributed by atoms with Crippen molar-refractivity contribution in [2.24, 2.45) is 0 Å². The molecule has 0 aromatic carbocycles. The number of carbonyl (C=O) groups is 1. The zero-order chi connectivity index (χ0) is 18.0. The molecular formula is C18H26N4O3. The van der Waals surface area contributed by atoms with Gasteiger partial charge in [-0.15, -0.1) is 10.2 Å². The minimum atomic E-state index is 0.187. The lowest BCUT2D eigenvalue weighted by Gasteiger charge is -2.30. The van der Waals surface area contributed by atoms with Crippen LogP contribution in [0.5, 0.6) is 0 Å². The molecule has 1 aliphatic rings. The van der Waals surface area contributed by atoms with Crippen LogP contribution in [-0.4, -0.2) is 39.3 Å². The molecule has 3 rings (SSSR count). The lowest BCUT2D eigenvalue weighted by atomic mass is 9.96. The van der Waals surface area contributed by atoms with E-state index in [4.69, 9.17) is 8.94 Å². The fourth-order valence-electron chi connectivity index (χ4n) is 3.27. The Morgan fingerprint density at radius 1 is 1.24 bits per heavy atom. The highest BCUT2D eigenvalue weighted by Crippen LogP contribution is 2.28. The molecule has 0 N–H and O–H groups in total. The van der Waals surface area contributed by atoms with Gasteiger partial charge < -0.3 is 13.8 Å². The Morgan fingerprint density at radius 2 is 1.96 bits per heavy atom. The van der Waals surface area contributed by atoms with Crippen LogP contribution in [0.4, 0.5) is 0 Å². The van der Waals surface area contributed by atoms with Gasteiger partial charge in [-0.2, -0.15) is 0 Å². The molecule has 1 amide bonds. The summed E-state index contributed by atoms with van der Waals surface area (Å²) in [5.74, 6) is 2.89. The molecule has 0 aliphatic carbocycles. The Bertz CT molecular complexity index is 707. The van der Waals surface area contributed by atoms with Gasteiger partial charge in [0, 0.05) is 36.9 Å². The summed E-state index contributed by atoms with van der Waals surface area (Å²) < 4.78 is 10.9. The van der Waals surface area contributed by atoms with Gasteiger partial charge in [-0.25, -0.2) is 0 Å². The molecule has 2 aromatic rings. The van der Waals surface area contributed by atoms with E-state index >= 15 is 0 Å². The minimum absolute atomic E-state index is 0.187. The molecule has 3 heterocycles. The van der Waals surface area contributed by atoms with E-state index in [-0.39, 0.29) is 17.7 Å². The van der Waals surface area contributed by atoms with Crippen LogP contribution < -0.4 is 0 Å². The standard InChI is InChI=1S/C18H26N4O3/c1-11(2)17-19-20-18(24-17)14-7-9-22(10-8-14)16(23)6-5-15-12(3)21-25-13(15)4/h11,14H,5-10H2,1-4H3. The molecule has 1 saturated heterocycles. The van der Waals surface area contributed by atoms with Crippen LogP contribution in [0.25, 0.3) is 0 Å². The topological polar surface area (TPSA) is 85.3 Å². The Morgan fingerprint density at radius 3 is 2.52 bits per heavy atom. The highest BCUT2D eigenvalue weighted by atomic mass is 16.5. The van der Waals surface area contributed by atoms with E-state index in [1.165, 1.54) is 0 Å². The summed E-state index contributed by atoms with van der Waals surface area (Å²) in [5.41, 5.74) is 1.93. The zero-order valence-electron chi connectivity index (χ0n) is 15.4. The lowest BCUT2D eigenvalue weighted by molar-refractivity contribution is -0.132. The molecule has 1 aliphatic heterocycles. The van der Waals surface area contributed by atoms with Crippen LogP contribution in [0.15, 0.2) is 8.94 Å². The van der Waals surface area contributed by atoms with Crippen molar-refractivity contribution < 1.29 is 13.7 Å². The van der Waals surface area contributed by atoms with Crippen molar-refractivity contribution in [2.75, 3.05) is 13.1 Å². The third-order valence-corrected chi connectivity index (χ3v) is 4.92. The first-order valence-corrected chi connectivity index (χ1v) is 8.98. The lowest BCUT2D eigenvalue weighted by Crippen LogP contribution is -2.38. The first kappa shape index (κ1) is 17.6. The number of aromatic nitrogens is 3. The second-order valence-corrected chi connectivity index (χ2v) is 7.09. The second-order valence-electron chi connectivity index (χ2n) is 7.09. The van der Waals surface area contributed by atoms with Gasteiger partial charge in [0.2, 0.25) is 17.7 Å². The first-order valence-electron chi connectivity index (χ1n) is 8.98. The smallest absolute Gasteiger partial charge is 0.222 e. The highest BCUT2D eigenvalue weighted by molar-refractivity contribution is 5.76. The Balaban J connectivity index is 1.50. The Labute approximate surface area is 147 Å². The highest BCUT2D eigenvalue weighted by Gasteiger charge is 2.27. The van der Waals surface area contributed by atoms with Crippen LogP contribution in [0.1, 0.15) is 73.7 Å². The number of hydrogen-bond donors (Lipinski definition) is 0. The van der Waals surface area contributed by atoms with Gasteiger partial charge >= 0.3 is 0 Å². The molecule has 0 atom stereocenters. The average Bonchev–Trinajstić information content (AvgIpc) is 3.21. The maximum atomic E-state index is 12.5. The number of hydrogen-bond acceptors (Lipinski definition) is 6. The van der Waals surface area contributed by atoms with Crippen molar-refractivity contribution in [1.29, 1.82) is 0 Å². The quantitative estimate of drug-likeness (QED) is 0.827. The summed E-state index contributed by atoms with van der Waals surface area (Å²) >= 11 is 0. The third-order valence-electron chi connectivity index (χ3n) is 4.92. The monoisotopic (exact) mass is 346 g/mol. The van der Waals surface area contributed by atoms with Crippen molar-refractivity contribution >= 4 is 5.91 Å². The van der Waals surface area contributed by atoms with Gasteiger partial charge in [-0.1, -0.05) is 19.0 Å². The molecule has 136 valence electrons. The van der Waals surface area contributed by atoms with E-state index in [0.717, 1.165) is 42.9 Å². The van der Waals surface area contributed by atoms with Gasteiger partial charge in [0.25, 0.3) is 0 Å². The molecular weight excluding hydrogens is 320 g/mol. The Kier molecular flexibility index (Phi) is 5.20. The van der Waals surface area contributed by atoms with Gasteiger partial charge in [0.1, 0.15) is 5.76 Å². The predicted octanol–water partition coefficient (Wildman–Crippen LogP) is 3.14. The second kappa shape index (κ2) is 7.37. The van der Waals surface area contributed by atoms with E-state index in [1.807, 2.05) is 32.6 Å². The third kappa shape index (κ3) is 3.91. The fraction of sp³-hybridized carbons (Fsp3) is 0.667. The van der Waals surface area contributed by atoms with Crippen molar-refractivity contribution in [3.8, 4) is 0 Å². The van der Waals surface area contributed by atoms with E-state index in [9.17, 15) is 4.79 Å². The van der Waals surface area contributed by atoms with Crippen LogP contribution in [-0.2, 0) is 11.2 Å². The number of piperidine rings is 1. The van der Waals surface area contributed by atoms with Crippen LogP contribution in [0.2, 0.25) is 0 Å². The number of rotatable bonds is 5. The van der Waals surface area contributed by atoms with Gasteiger partial charge in [0.05, 0.1) is 5.69 Å². The molecule has 1 fully saturated rings. The number of nitrogens with zero attached hydrogens (tertiary/aromatic N) is 4. The summed E-state index contributed by atoms with van der Waals surface area (Å²) in [5, 5.41) is 12.2. The Hall–Kier alpha value is -2.18. The van der Waals surface area contributed by atoms with Crippen molar-refractivity contribution in [3.05, 3.63) is 28.8 Å². The number of likely N-dealkylation sites (tertiary alicyclic amines) is 1. The number of amides is 1. The SMILES string of the molecule is Cc1noc(C)c1CCC(=O)N1CCC(c2nnc(C(C)C)o2)CC1. The largest absolute Gasteiger partial charge is 0.425 e. The zero-order valence-corrected chi connectivity index (χ0v) is 15.4. The molecule has 0 saturated carbocycles. The summed E-state index contributed by atoms with van der Waals surface area (Å²) in [6.45, 7) is 9.36. The first-order chi connectivity index (χ1) is 12.0. The molecule has 0 unspecified atom stereocenters. The van der Waals surface area contributed by atoms with Gasteiger partial charge in [-0.3, -0.25) is 4.79 Å². The van der Waals surface area contributed by atoms with E-state index in [0.29, 0.717) is 24.6 Å². The maximum Gasteiger partial charge on any atom is 0.222 e. The molecule has 25 heavy (non-hydrogen) atoms. The molecule has 7 heteroatoms. The van der Waals surface area contributed by atoms with Crippen molar-refractivity contribution in [1.82, 2.24) is 20.3 Å². The maximum absolute atomic E-state index is 12.5. The molecule has 0 radical (unpaired) electrons. The minimum Gasteiger partial charge on any atom is -0.425 e. The van der Waals surface area contributed by atoms with Gasteiger partial charge in [-0.05, 0) is 33.1 Å². The van der Waals surface area contributed by atoms with Gasteiger partial charge in [0.15, 0.2) is 0 Å². The summed E-state index contributed by atoms with van der Waals surface area (Å²) in [4.78, 5) is 14.4.